The van der Waals surface area contributed by atoms with E-state index in [0.717, 1.165) is 37.4 Å². The maximum absolute atomic E-state index is 5.71. The SMILES string of the molecule is Cn1c2c(c3cc(Cc4ccc5c(c4)OCCO5)ccc31)CNCC2. The van der Waals surface area contributed by atoms with Crippen molar-refractivity contribution in [2.45, 2.75) is 19.4 Å². The molecular formula is C21H22N2O2. The first-order chi connectivity index (χ1) is 12.3. The molecule has 0 radical (unpaired) electrons. The lowest BCUT2D eigenvalue weighted by molar-refractivity contribution is 0.171. The maximum atomic E-state index is 5.71. The van der Waals surface area contributed by atoms with Crippen LogP contribution in [0.1, 0.15) is 22.4 Å². The highest BCUT2D eigenvalue weighted by molar-refractivity contribution is 5.86. The molecule has 2 aromatic carbocycles. The van der Waals surface area contributed by atoms with Gasteiger partial charge in [0.2, 0.25) is 0 Å². The lowest BCUT2D eigenvalue weighted by Crippen LogP contribution is -2.24. The lowest BCUT2D eigenvalue weighted by atomic mass is 10.0. The maximum Gasteiger partial charge on any atom is 0.161 e. The number of hydrogen-bond acceptors (Lipinski definition) is 3. The number of rotatable bonds is 2. The van der Waals surface area contributed by atoms with Crippen molar-refractivity contribution in [1.82, 2.24) is 9.88 Å². The van der Waals surface area contributed by atoms with E-state index in [9.17, 15) is 0 Å². The molecule has 0 amide bonds. The van der Waals surface area contributed by atoms with Gasteiger partial charge in [-0.2, -0.15) is 0 Å². The number of aromatic nitrogens is 1. The van der Waals surface area contributed by atoms with E-state index >= 15 is 0 Å². The predicted octanol–water partition coefficient (Wildman–Crippen LogP) is 3.19. The Morgan fingerprint density at radius 1 is 1.00 bits per heavy atom. The van der Waals surface area contributed by atoms with Gasteiger partial charge in [-0.05, 0) is 47.4 Å². The smallest absolute Gasteiger partial charge is 0.161 e. The van der Waals surface area contributed by atoms with Gasteiger partial charge in [0.05, 0.1) is 0 Å². The van der Waals surface area contributed by atoms with Gasteiger partial charge in [0.1, 0.15) is 13.2 Å². The summed E-state index contributed by atoms with van der Waals surface area (Å²) < 4.78 is 13.7. The Hall–Kier alpha value is -2.46. The number of hydrogen-bond donors (Lipinski definition) is 1. The van der Waals surface area contributed by atoms with Gasteiger partial charge < -0.3 is 19.4 Å². The molecule has 2 aliphatic heterocycles. The van der Waals surface area contributed by atoms with Crippen molar-refractivity contribution in [2.75, 3.05) is 19.8 Å². The highest BCUT2D eigenvalue weighted by atomic mass is 16.6. The number of benzene rings is 2. The van der Waals surface area contributed by atoms with Crippen LogP contribution in [0.2, 0.25) is 0 Å². The molecule has 0 aliphatic carbocycles. The van der Waals surface area contributed by atoms with Crippen molar-refractivity contribution in [2.24, 2.45) is 7.05 Å². The second-order valence-electron chi connectivity index (χ2n) is 6.92. The summed E-state index contributed by atoms with van der Waals surface area (Å²) in [5.74, 6) is 1.72. The number of nitrogens with one attached hydrogen (secondary N) is 1. The van der Waals surface area contributed by atoms with E-state index in [1.165, 1.54) is 33.3 Å². The summed E-state index contributed by atoms with van der Waals surface area (Å²) in [5, 5.41) is 4.89. The van der Waals surface area contributed by atoms with Crippen molar-refractivity contribution in [1.29, 1.82) is 0 Å². The van der Waals surface area contributed by atoms with Crippen molar-refractivity contribution >= 4 is 10.9 Å². The molecule has 25 heavy (non-hydrogen) atoms. The first kappa shape index (κ1) is 14.8. The highest BCUT2D eigenvalue weighted by Crippen LogP contribution is 2.33. The van der Waals surface area contributed by atoms with E-state index < -0.39 is 0 Å². The van der Waals surface area contributed by atoms with Gasteiger partial charge in [0.25, 0.3) is 0 Å². The van der Waals surface area contributed by atoms with Crippen LogP contribution in [0.5, 0.6) is 11.5 Å². The average Bonchev–Trinajstić information content (AvgIpc) is 2.94. The third-order valence-electron chi connectivity index (χ3n) is 5.36. The largest absolute Gasteiger partial charge is 0.486 e. The standard InChI is InChI=1S/C21H22N2O2/c1-23-18-4-2-14(11-16(18)17-13-22-7-6-19(17)23)10-15-3-5-20-21(12-15)25-9-8-24-20/h2-5,11-12,22H,6-10,13H2,1H3. The Balaban J connectivity index is 1.51. The summed E-state index contributed by atoms with van der Waals surface area (Å²) in [6.07, 6.45) is 2.02. The van der Waals surface area contributed by atoms with Crippen LogP contribution in [0.25, 0.3) is 10.9 Å². The molecule has 0 fully saturated rings. The Labute approximate surface area is 147 Å². The first-order valence-electron chi connectivity index (χ1n) is 8.98. The summed E-state index contributed by atoms with van der Waals surface area (Å²) in [4.78, 5) is 0. The van der Waals surface area contributed by atoms with Crippen LogP contribution in [0.4, 0.5) is 0 Å². The molecule has 1 N–H and O–H groups in total. The van der Waals surface area contributed by atoms with E-state index in [1.807, 2.05) is 6.07 Å². The fourth-order valence-electron chi connectivity index (χ4n) is 4.10. The molecule has 3 heterocycles. The molecule has 1 aromatic heterocycles. The molecule has 5 rings (SSSR count). The molecule has 4 heteroatoms. The minimum Gasteiger partial charge on any atom is -0.486 e. The molecule has 0 atom stereocenters. The zero-order chi connectivity index (χ0) is 16.8. The Bertz CT molecular complexity index is 958. The molecule has 2 aliphatic rings. The second-order valence-corrected chi connectivity index (χ2v) is 6.92. The van der Waals surface area contributed by atoms with Gasteiger partial charge in [-0.25, -0.2) is 0 Å². The van der Waals surface area contributed by atoms with Crippen molar-refractivity contribution < 1.29 is 9.47 Å². The van der Waals surface area contributed by atoms with Crippen LogP contribution in [-0.2, 0) is 26.4 Å². The number of aryl methyl sites for hydroxylation is 1. The number of ether oxygens (including phenoxy) is 2. The van der Waals surface area contributed by atoms with E-state index in [0.29, 0.717) is 13.2 Å². The molecule has 0 saturated carbocycles. The summed E-state index contributed by atoms with van der Waals surface area (Å²) in [5.41, 5.74) is 6.87. The summed E-state index contributed by atoms with van der Waals surface area (Å²) in [6.45, 7) is 3.31. The molecule has 0 unspecified atom stereocenters. The molecule has 0 spiro atoms. The van der Waals surface area contributed by atoms with Gasteiger partial charge in [-0.15, -0.1) is 0 Å². The zero-order valence-corrected chi connectivity index (χ0v) is 14.5. The average molecular weight is 334 g/mol. The topological polar surface area (TPSA) is 35.4 Å². The predicted molar refractivity (Wildman–Crippen MR) is 98.6 cm³/mol. The molecule has 128 valence electrons. The van der Waals surface area contributed by atoms with Gasteiger partial charge in [0, 0.05) is 43.2 Å². The van der Waals surface area contributed by atoms with E-state index in [1.54, 1.807) is 0 Å². The van der Waals surface area contributed by atoms with Crippen molar-refractivity contribution in [3.63, 3.8) is 0 Å². The number of nitrogens with zero attached hydrogens (tertiary/aromatic N) is 1. The second kappa shape index (κ2) is 5.81. The van der Waals surface area contributed by atoms with Crippen LogP contribution in [0.3, 0.4) is 0 Å². The van der Waals surface area contributed by atoms with Crippen LogP contribution in [0, 0.1) is 0 Å². The molecule has 0 saturated heterocycles. The molecule has 3 aromatic rings. The molecule has 4 nitrogen and oxygen atoms in total. The van der Waals surface area contributed by atoms with Crippen LogP contribution in [-0.4, -0.2) is 24.3 Å². The summed E-state index contributed by atoms with van der Waals surface area (Å²) in [6, 6.07) is 13.1. The van der Waals surface area contributed by atoms with Gasteiger partial charge in [0.15, 0.2) is 11.5 Å². The fraction of sp³-hybridized carbons (Fsp3) is 0.333. The minimum atomic E-state index is 0.631. The van der Waals surface area contributed by atoms with Crippen LogP contribution in [0.15, 0.2) is 36.4 Å². The fourth-order valence-corrected chi connectivity index (χ4v) is 4.10. The normalized spacial score (nSPS) is 16.0. The highest BCUT2D eigenvalue weighted by Gasteiger charge is 2.18. The molecular weight excluding hydrogens is 312 g/mol. The van der Waals surface area contributed by atoms with Gasteiger partial charge >= 0.3 is 0 Å². The minimum absolute atomic E-state index is 0.631. The third kappa shape index (κ3) is 2.48. The lowest BCUT2D eigenvalue weighted by Gasteiger charge is -2.19. The van der Waals surface area contributed by atoms with Gasteiger partial charge in [-0.1, -0.05) is 12.1 Å². The van der Waals surface area contributed by atoms with Crippen molar-refractivity contribution in [3.05, 3.63) is 58.8 Å². The summed E-state index contributed by atoms with van der Waals surface area (Å²) >= 11 is 0. The quantitative estimate of drug-likeness (QED) is 0.782. The summed E-state index contributed by atoms with van der Waals surface area (Å²) in [7, 11) is 2.19. The van der Waals surface area contributed by atoms with Gasteiger partial charge in [-0.3, -0.25) is 0 Å². The Kier molecular flexibility index (Phi) is 3.45. The molecule has 0 bridgehead atoms. The van der Waals surface area contributed by atoms with E-state index in [4.69, 9.17) is 9.47 Å². The van der Waals surface area contributed by atoms with Crippen molar-refractivity contribution in [3.8, 4) is 11.5 Å². The third-order valence-corrected chi connectivity index (χ3v) is 5.36. The van der Waals surface area contributed by atoms with E-state index in [2.05, 4.69) is 47.3 Å². The van der Waals surface area contributed by atoms with E-state index in [-0.39, 0.29) is 0 Å². The van der Waals surface area contributed by atoms with Crippen LogP contribution >= 0.6 is 0 Å². The number of fused-ring (bicyclic) bond motifs is 4. The Morgan fingerprint density at radius 2 is 1.80 bits per heavy atom. The monoisotopic (exact) mass is 334 g/mol. The zero-order valence-electron chi connectivity index (χ0n) is 14.5. The Morgan fingerprint density at radius 3 is 2.72 bits per heavy atom. The first-order valence-corrected chi connectivity index (χ1v) is 8.98. The van der Waals surface area contributed by atoms with Crippen LogP contribution < -0.4 is 14.8 Å².